The fourth-order valence-electron chi connectivity index (χ4n) is 2.95. The Hall–Kier alpha value is -2.93. The predicted molar refractivity (Wildman–Crippen MR) is 94.3 cm³/mol. The van der Waals surface area contributed by atoms with Crippen molar-refractivity contribution < 1.29 is 9.18 Å². The maximum absolute atomic E-state index is 14.1. The molecule has 1 aliphatic rings. The zero-order valence-electron chi connectivity index (χ0n) is 13.6. The normalized spacial score (nSPS) is 15.3. The number of hydrogen-bond acceptors (Lipinski definition) is 4. The van der Waals surface area contributed by atoms with E-state index in [0.29, 0.717) is 29.9 Å². The Bertz CT molecular complexity index is 936. The van der Waals surface area contributed by atoms with Crippen LogP contribution in [-0.4, -0.2) is 41.5 Å². The minimum Gasteiger partial charge on any atom is -0.369 e. The van der Waals surface area contributed by atoms with Gasteiger partial charge in [0, 0.05) is 49.7 Å². The molecule has 6 nitrogen and oxygen atoms in total. The fraction of sp³-hybridized carbons (Fsp3) is 0.222. The van der Waals surface area contributed by atoms with E-state index < -0.39 is 5.82 Å². The molecule has 4 rings (SSSR count). The molecule has 3 aromatic rings. The van der Waals surface area contributed by atoms with Crippen LogP contribution in [0.3, 0.4) is 0 Å². The van der Waals surface area contributed by atoms with Gasteiger partial charge in [-0.3, -0.25) is 4.79 Å². The highest BCUT2D eigenvalue weighted by Crippen LogP contribution is 2.27. The molecule has 0 aliphatic carbocycles. The molecule has 1 aromatic carbocycles. The van der Waals surface area contributed by atoms with Crippen LogP contribution in [0.4, 0.5) is 10.2 Å². The van der Waals surface area contributed by atoms with Crippen molar-refractivity contribution in [3.63, 3.8) is 0 Å². The van der Waals surface area contributed by atoms with Gasteiger partial charge < -0.3 is 20.4 Å². The zero-order valence-corrected chi connectivity index (χ0v) is 13.6. The minimum absolute atomic E-state index is 0.285. The maximum Gasteiger partial charge on any atom is 0.251 e. The number of aromatic nitrogens is 2. The van der Waals surface area contributed by atoms with E-state index in [2.05, 4.69) is 20.9 Å². The Labute approximate surface area is 144 Å². The number of rotatable bonds is 0. The predicted octanol–water partition coefficient (Wildman–Crippen LogP) is 1.89. The Balaban J connectivity index is 1.85. The van der Waals surface area contributed by atoms with Crippen LogP contribution in [0.25, 0.3) is 16.8 Å². The van der Waals surface area contributed by atoms with Crippen molar-refractivity contribution >= 4 is 17.4 Å². The van der Waals surface area contributed by atoms with E-state index in [1.165, 1.54) is 12.1 Å². The van der Waals surface area contributed by atoms with E-state index >= 15 is 0 Å². The Morgan fingerprint density at radius 2 is 1.72 bits per heavy atom. The first-order valence-electron chi connectivity index (χ1n) is 8.22. The highest BCUT2D eigenvalue weighted by Gasteiger charge is 2.13. The maximum atomic E-state index is 14.1. The first-order chi connectivity index (χ1) is 12.2. The number of hydrogen-bond donors (Lipinski definition) is 3. The molecule has 0 unspecified atom stereocenters. The van der Waals surface area contributed by atoms with Gasteiger partial charge in [-0.05, 0) is 35.9 Å². The molecule has 0 fully saturated rings. The van der Waals surface area contributed by atoms with Crippen molar-refractivity contribution in [3.05, 3.63) is 54.1 Å². The van der Waals surface area contributed by atoms with Crippen LogP contribution in [-0.2, 0) is 0 Å². The Morgan fingerprint density at radius 3 is 2.60 bits per heavy atom. The summed E-state index contributed by atoms with van der Waals surface area (Å²) in [6, 6.07) is 8.15. The van der Waals surface area contributed by atoms with Gasteiger partial charge in [0.15, 0.2) is 0 Å². The molecule has 7 heteroatoms. The van der Waals surface area contributed by atoms with Gasteiger partial charge in [-0.2, -0.15) is 0 Å². The van der Waals surface area contributed by atoms with Crippen LogP contribution < -0.4 is 16.0 Å². The van der Waals surface area contributed by atoms with Crippen LogP contribution in [0.1, 0.15) is 10.4 Å². The van der Waals surface area contributed by atoms with E-state index in [0.717, 1.165) is 24.5 Å². The minimum atomic E-state index is -0.446. The lowest BCUT2D eigenvalue weighted by Crippen LogP contribution is -2.33. The van der Waals surface area contributed by atoms with Crippen molar-refractivity contribution in [2.75, 3.05) is 31.5 Å². The lowest BCUT2D eigenvalue weighted by atomic mass is 10.0. The number of carbonyl (C=O) groups excluding carboxylic acids is 1. The second kappa shape index (κ2) is 6.52. The van der Waals surface area contributed by atoms with Crippen molar-refractivity contribution in [2.24, 2.45) is 0 Å². The van der Waals surface area contributed by atoms with Gasteiger partial charge in [0.25, 0.3) is 5.91 Å². The number of anilines is 1. The van der Waals surface area contributed by atoms with E-state index in [-0.39, 0.29) is 5.91 Å². The number of carbonyl (C=O) groups is 1. The quantitative estimate of drug-likeness (QED) is 0.585. The number of halogens is 1. The molecule has 4 bridgehead atoms. The Kier molecular flexibility index (Phi) is 4.07. The van der Waals surface area contributed by atoms with Gasteiger partial charge in [-0.25, -0.2) is 9.37 Å². The molecule has 2 aromatic heterocycles. The molecule has 0 radical (unpaired) electrons. The summed E-state index contributed by atoms with van der Waals surface area (Å²) in [5, 5.41) is 9.30. The molecule has 0 spiro atoms. The summed E-state index contributed by atoms with van der Waals surface area (Å²) in [6.07, 6.45) is 3.78. The van der Waals surface area contributed by atoms with E-state index in [1.807, 2.05) is 28.9 Å². The highest BCUT2D eigenvalue weighted by molar-refractivity contribution is 5.96. The molecule has 3 heterocycles. The molecule has 0 saturated heterocycles. The third-order valence-corrected chi connectivity index (χ3v) is 4.17. The van der Waals surface area contributed by atoms with Crippen LogP contribution in [0.15, 0.2) is 42.7 Å². The smallest absolute Gasteiger partial charge is 0.251 e. The van der Waals surface area contributed by atoms with E-state index in [1.54, 1.807) is 6.07 Å². The lowest BCUT2D eigenvalue weighted by Gasteiger charge is -2.08. The van der Waals surface area contributed by atoms with Gasteiger partial charge in [-0.15, -0.1) is 0 Å². The number of fused-ring (bicyclic) bond motifs is 4. The molecule has 3 N–H and O–H groups in total. The van der Waals surface area contributed by atoms with Crippen molar-refractivity contribution in [1.82, 2.24) is 20.0 Å². The molecule has 0 saturated carbocycles. The summed E-state index contributed by atoms with van der Waals surface area (Å²) in [5.41, 5.74) is 2.43. The second-order valence-corrected chi connectivity index (χ2v) is 5.93. The molecule has 0 atom stereocenters. The van der Waals surface area contributed by atoms with Gasteiger partial charge in [0.2, 0.25) is 0 Å². The molecular weight excluding hydrogens is 321 g/mol. The van der Waals surface area contributed by atoms with Gasteiger partial charge in [0.05, 0.1) is 0 Å². The van der Waals surface area contributed by atoms with Gasteiger partial charge >= 0.3 is 0 Å². The summed E-state index contributed by atoms with van der Waals surface area (Å²) in [5.74, 6) is 0.0291. The summed E-state index contributed by atoms with van der Waals surface area (Å²) in [6.45, 7) is 2.59. The highest BCUT2D eigenvalue weighted by atomic mass is 19.1. The SMILES string of the molecule is O=C1NCCNCCNc2ccn3ccc(c3n2)-c2cc(F)cc1c2. The van der Waals surface area contributed by atoms with Gasteiger partial charge in [-0.1, -0.05) is 0 Å². The molecule has 1 amide bonds. The molecule has 128 valence electrons. The molecule has 25 heavy (non-hydrogen) atoms. The van der Waals surface area contributed by atoms with Crippen LogP contribution in [0.5, 0.6) is 0 Å². The second-order valence-electron chi connectivity index (χ2n) is 5.93. The van der Waals surface area contributed by atoms with E-state index in [9.17, 15) is 9.18 Å². The number of nitrogens with one attached hydrogen (secondary N) is 3. The van der Waals surface area contributed by atoms with Crippen LogP contribution in [0, 0.1) is 5.82 Å². The summed E-state index contributed by atoms with van der Waals surface area (Å²) in [4.78, 5) is 16.9. The molecular formula is C18H18FN5O. The third kappa shape index (κ3) is 3.18. The topological polar surface area (TPSA) is 70.5 Å². The first-order valence-corrected chi connectivity index (χ1v) is 8.22. The van der Waals surface area contributed by atoms with E-state index in [4.69, 9.17) is 0 Å². The monoisotopic (exact) mass is 339 g/mol. The number of amides is 1. The third-order valence-electron chi connectivity index (χ3n) is 4.17. The zero-order chi connectivity index (χ0) is 17.2. The Morgan fingerprint density at radius 1 is 0.960 bits per heavy atom. The fourth-order valence-corrected chi connectivity index (χ4v) is 2.95. The van der Waals surface area contributed by atoms with Crippen molar-refractivity contribution in [3.8, 4) is 11.1 Å². The van der Waals surface area contributed by atoms with Crippen molar-refractivity contribution in [1.29, 1.82) is 0 Å². The lowest BCUT2D eigenvalue weighted by molar-refractivity contribution is 0.0953. The average Bonchev–Trinajstić information content (AvgIpc) is 3.02. The number of nitrogens with zero attached hydrogens (tertiary/aromatic N) is 2. The summed E-state index contributed by atoms with van der Waals surface area (Å²) in [7, 11) is 0. The summed E-state index contributed by atoms with van der Waals surface area (Å²) >= 11 is 0. The standard InChI is InChI=1S/C18H18FN5O/c19-14-10-12-9-13(11-14)18(25)22-6-4-20-3-5-21-16-2-8-24-7-1-15(12)17(24)23-16/h1-2,7-11,20H,3-6H2,(H,21,23)(H,22,25). The number of benzene rings is 1. The largest absolute Gasteiger partial charge is 0.369 e. The molecule has 1 aliphatic heterocycles. The van der Waals surface area contributed by atoms with Crippen LogP contribution in [0.2, 0.25) is 0 Å². The van der Waals surface area contributed by atoms with Crippen LogP contribution >= 0.6 is 0 Å². The van der Waals surface area contributed by atoms with Crippen molar-refractivity contribution in [2.45, 2.75) is 0 Å². The van der Waals surface area contributed by atoms with Gasteiger partial charge in [0.1, 0.15) is 17.3 Å². The average molecular weight is 339 g/mol. The summed E-state index contributed by atoms with van der Waals surface area (Å²) < 4.78 is 16.0. The first kappa shape index (κ1) is 15.6.